The molecule has 1 spiro atoms. The number of nitrogens with one attached hydrogen (secondary N) is 2. The van der Waals surface area contributed by atoms with Crippen molar-refractivity contribution < 1.29 is 29.0 Å². The van der Waals surface area contributed by atoms with E-state index in [-0.39, 0.29) is 36.0 Å². The average Bonchev–Trinajstić information content (AvgIpc) is 3.11. The number of likely N-dealkylation sites (tertiary alicyclic amines) is 1. The molecule has 12 heteroatoms. The van der Waals surface area contributed by atoms with E-state index in [1.807, 2.05) is 30.3 Å². The maximum Gasteiger partial charge on any atom is 0.251 e. The van der Waals surface area contributed by atoms with Crippen molar-refractivity contribution in [3.63, 3.8) is 0 Å². The highest BCUT2D eigenvalue weighted by atomic mass is 35.5. The van der Waals surface area contributed by atoms with E-state index in [0.717, 1.165) is 48.0 Å². The summed E-state index contributed by atoms with van der Waals surface area (Å²) in [5, 5.41) is 28.8. The van der Waals surface area contributed by atoms with Gasteiger partial charge in [-0.25, -0.2) is 0 Å². The molecule has 0 bridgehead atoms. The SMILES string of the molecule is CNC(=O)c1ccc(Oc2ccc(CN3CCC4(CC3)C(=O)N[C@H]([C@H](O)C3CCCCC3)C(=O)N4CCc3ccc[n+]([O-])c3)cc2)cc1.Cl. The smallest absolute Gasteiger partial charge is 0.251 e. The van der Waals surface area contributed by atoms with Crippen LogP contribution in [-0.4, -0.2) is 77.0 Å². The number of hydrogen-bond acceptors (Lipinski definition) is 7. The van der Waals surface area contributed by atoms with Gasteiger partial charge in [-0.3, -0.25) is 19.3 Å². The number of benzene rings is 2. The van der Waals surface area contributed by atoms with Crippen molar-refractivity contribution in [3.05, 3.63) is 95.0 Å². The topological polar surface area (TPSA) is 138 Å². The number of aliphatic hydroxyl groups is 1. The van der Waals surface area contributed by atoms with Gasteiger partial charge in [0.2, 0.25) is 11.8 Å². The van der Waals surface area contributed by atoms with Crippen LogP contribution in [0.25, 0.3) is 0 Å². The van der Waals surface area contributed by atoms with Gasteiger partial charge in [0.15, 0.2) is 12.4 Å². The van der Waals surface area contributed by atoms with E-state index >= 15 is 0 Å². The summed E-state index contributed by atoms with van der Waals surface area (Å²) in [5.41, 5.74) is 1.44. The lowest BCUT2D eigenvalue weighted by Gasteiger charge is -2.52. The Morgan fingerprint density at radius 2 is 1.67 bits per heavy atom. The van der Waals surface area contributed by atoms with Gasteiger partial charge in [0.25, 0.3) is 5.91 Å². The summed E-state index contributed by atoms with van der Waals surface area (Å²) < 4.78 is 6.71. The minimum Gasteiger partial charge on any atom is -0.619 e. The maximum atomic E-state index is 14.2. The lowest BCUT2D eigenvalue weighted by molar-refractivity contribution is -0.605. The van der Waals surface area contributed by atoms with Crippen molar-refractivity contribution in [1.29, 1.82) is 0 Å². The van der Waals surface area contributed by atoms with Crippen molar-refractivity contribution >= 4 is 30.1 Å². The number of amides is 3. The number of piperidine rings is 1. The summed E-state index contributed by atoms with van der Waals surface area (Å²) in [5.74, 6) is 0.730. The number of ether oxygens (including phenoxy) is 1. The molecular weight excluding hydrogens is 646 g/mol. The molecule has 0 unspecified atom stereocenters. The van der Waals surface area contributed by atoms with Crippen LogP contribution in [0.2, 0.25) is 0 Å². The number of aliphatic hydroxyl groups excluding tert-OH is 1. The molecule has 1 saturated carbocycles. The number of hydrogen-bond donors (Lipinski definition) is 3. The highest BCUT2D eigenvalue weighted by molar-refractivity contribution is 6.00. The zero-order valence-electron chi connectivity index (χ0n) is 27.9. The fourth-order valence-corrected chi connectivity index (χ4v) is 7.49. The summed E-state index contributed by atoms with van der Waals surface area (Å²) in [6, 6.07) is 17.4. The monoisotopic (exact) mass is 691 g/mol. The van der Waals surface area contributed by atoms with Crippen molar-refractivity contribution in [2.45, 2.75) is 75.6 Å². The van der Waals surface area contributed by atoms with Crippen LogP contribution in [0.4, 0.5) is 0 Å². The lowest BCUT2D eigenvalue weighted by atomic mass is 9.77. The fourth-order valence-electron chi connectivity index (χ4n) is 7.49. The van der Waals surface area contributed by atoms with E-state index < -0.39 is 17.7 Å². The Bertz CT molecular complexity index is 1590. The summed E-state index contributed by atoms with van der Waals surface area (Å²) in [4.78, 5) is 43.9. The van der Waals surface area contributed by atoms with Crippen LogP contribution < -0.4 is 20.1 Å². The van der Waals surface area contributed by atoms with Gasteiger partial charge in [0.1, 0.15) is 23.1 Å². The second-order valence-corrected chi connectivity index (χ2v) is 13.3. The molecule has 49 heavy (non-hydrogen) atoms. The van der Waals surface area contributed by atoms with Crippen molar-refractivity contribution in [2.24, 2.45) is 5.92 Å². The first-order chi connectivity index (χ1) is 23.3. The molecule has 2 aliphatic heterocycles. The number of carbonyl (C=O) groups excluding carboxylic acids is 3. The zero-order valence-corrected chi connectivity index (χ0v) is 28.7. The van der Waals surface area contributed by atoms with Crippen LogP contribution in [0.15, 0.2) is 73.1 Å². The molecule has 0 radical (unpaired) electrons. The molecule has 3 fully saturated rings. The lowest BCUT2D eigenvalue weighted by Crippen LogP contribution is -2.75. The molecule has 2 atom stereocenters. The Kier molecular flexibility index (Phi) is 11.8. The van der Waals surface area contributed by atoms with Crippen LogP contribution in [0.1, 0.15) is 66.4 Å². The fraction of sp³-hybridized carbons (Fsp3) is 0.459. The average molecular weight is 692 g/mol. The Hall–Kier alpha value is -4.19. The Labute approximate surface area is 293 Å². The molecule has 3 aliphatic rings. The standard InChI is InChI=1S/C37H45N5O6.ClH/c1-38-34(44)29-11-15-31(16-12-29)48-30-13-9-27(10-14-30)24-40-22-18-37(19-23-40)36(46)39-32(33(43)28-7-3-2-4-8-28)35(45)42(37)21-17-26-6-5-20-41(47)25-26;/h5-6,9-16,20,25,28,32-33,43H,2-4,7-8,17-19,21-24H2,1H3,(H,38,44)(H,39,46);1H/t32-,33-;/m1./s1. The normalized spacial score (nSPS) is 20.3. The quantitative estimate of drug-likeness (QED) is 0.218. The van der Waals surface area contributed by atoms with Gasteiger partial charge in [-0.1, -0.05) is 31.4 Å². The number of pyridine rings is 1. The summed E-state index contributed by atoms with van der Waals surface area (Å²) in [7, 11) is 1.59. The number of halogens is 1. The van der Waals surface area contributed by atoms with Crippen LogP contribution in [0, 0.1) is 11.1 Å². The molecule has 3 heterocycles. The van der Waals surface area contributed by atoms with E-state index in [1.165, 1.54) is 12.4 Å². The zero-order chi connectivity index (χ0) is 33.7. The highest BCUT2D eigenvalue weighted by Crippen LogP contribution is 2.36. The molecule has 6 rings (SSSR count). The van der Waals surface area contributed by atoms with E-state index in [4.69, 9.17) is 4.74 Å². The molecule has 3 aromatic rings. The Morgan fingerprint density at radius 3 is 2.31 bits per heavy atom. The van der Waals surface area contributed by atoms with E-state index in [2.05, 4.69) is 15.5 Å². The third-order valence-corrected chi connectivity index (χ3v) is 10.3. The molecule has 3 amide bonds. The van der Waals surface area contributed by atoms with Gasteiger partial charge in [-0.15, -0.1) is 12.4 Å². The molecule has 2 saturated heterocycles. The number of rotatable bonds is 10. The van der Waals surface area contributed by atoms with Crippen LogP contribution in [0.3, 0.4) is 0 Å². The molecule has 262 valence electrons. The number of carbonyl (C=O) groups is 3. The first kappa shape index (κ1) is 36.1. The predicted octanol–water partition coefficient (Wildman–Crippen LogP) is 3.74. The van der Waals surface area contributed by atoms with Gasteiger partial charge < -0.3 is 30.6 Å². The van der Waals surface area contributed by atoms with Gasteiger partial charge in [0, 0.05) is 50.4 Å². The first-order valence-electron chi connectivity index (χ1n) is 17.1. The molecule has 3 N–H and O–H groups in total. The molecule has 11 nitrogen and oxygen atoms in total. The minimum atomic E-state index is -1.01. The summed E-state index contributed by atoms with van der Waals surface area (Å²) in [6.07, 6.45) is 8.26. The highest BCUT2D eigenvalue weighted by Gasteiger charge is 2.55. The van der Waals surface area contributed by atoms with Crippen LogP contribution in [0.5, 0.6) is 11.5 Å². The number of aromatic nitrogens is 1. The van der Waals surface area contributed by atoms with E-state index in [9.17, 15) is 24.7 Å². The van der Waals surface area contributed by atoms with Gasteiger partial charge in [-0.05, 0) is 86.1 Å². The first-order valence-corrected chi connectivity index (χ1v) is 17.1. The molecule has 1 aromatic heterocycles. The second-order valence-electron chi connectivity index (χ2n) is 13.3. The Balaban J connectivity index is 0.00000468. The molecular formula is C37H46ClN5O6. The second kappa shape index (κ2) is 16.0. The van der Waals surface area contributed by atoms with Crippen molar-refractivity contribution in [1.82, 2.24) is 20.4 Å². The maximum absolute atomic E-state index is 14.2. The third kappa shape index (κ3) is 8.17. The van der Waals surface area contributed by atoms with Crippen LogP contribution in [-0.2, 0) is 22.6 Å². The Morgan fingerprint density at radius 1 is 1.02 bits per heavy atom. The van der Waals surface area contributed by atoms with Crippen molar-refractivity contribution in [2.75, 3.05) is 26.7 Å². The predicted molar refractivity (Wildman–Crippen MR) is 186 cm³/mol. The van der Waals surface area contributed by atoms with Gasteiger partial charge >= 0.3 is 0 Å². The van der Waals surface area contributed by atoms with E-state index in [1.54, 1.807) is 42.3 Å². The third-order valence-electron chi connectivity index (χ3n) is 10.3. The van der Waals surface area contributed by atoms with Gasteiger partial charge in [-0.2, -0.15) is 4.73 Å². The van der Waals surface area contributed by atoms with E-state index in [0.29, 0.717) is 62.5 Å². The van der Waals surface area contributed by atoms with Gasteiger partial charge in [0.05, 0.1) is 6.10 Å². The number of nitrogens with zero attached hydrogens (tertiary/aromatic N) is 3. The number of piperazine rings is 1. The largest absolute Gasteiger partial charge is 0.619 e. The summed E-state index contributed by atoms with van der Waals surface area (Å²) in [6.45, 7) is 2.22. The minimum absolute atomic E-state index is 0. The van der Waals surface area contributed by atoms with Crippen LogP contribution >= 0.6 is 12.4 Å². The molecule has 2 aromatic carbocycles. The molecule has 1 aliphatic carbocycles. The summed E-state index contributed by atoms with van der Waals surface area (Å²) >= 11 is 0. The van der Waals surface area contributed by atoms with Crippen molar-refractivity contribution in [3.8, 4) is 11.5 Å².